The average molecular weight is 314 g/mol. The molecular weight excluding hydrogens is 300 g/mol. The van der Waals surface area contributed by atoms with Crippen molar-refractivity contribution in [3.63, 3.8) is 0 Å². The van der Waals surface area contributed by atoms with E-state index in [1.54, 1.807) is 24.4 Å². The summed E-state index contributed by atoms with van der Waals surface area (Å²) in [4.78, 5) is 13.5. The fourth-order valence-corrected chi connectivity index (χ4v) is 2.51. The summed E-state index contributed by atoms with van der Waals surface area (Å²) in [5.74, 6) is 1.96. The van der Waals surface area contributed by atoms with Crippen molar-refractivity contribution in [1.82, 2.24) is 15.0 Å². The molecule has 0 saturated carbocycles. The number of hydrogen-bond acceptors (Lipinski definition) is 5. The maximum atomic E-state index is 10.1. The van der Waals surface area contributed by atoms with Crippen molar-refractivity contribution in [3.05, 3.63) is 72.9 Å². The fraction of sp³-hybridized carbons (Fsp3) is 0. The van der Waals surface area contributed by atoms with Crippen molar-refractivity contribution in [2.24, 2.45) is 0 Å². The van der Waals surface area contributed by atoms with Gasteiger partial charge in [-0.1, -0.05) is 30.3 Å². The van der Waals surface area contributed by atoms with Crippen LogP contribution in [-0.4, -0.2) is 20.1 Å². The molecule has 0 aliphatic carbocycles. The number of fused-ring (bicyclic) bond motifs is 1. The second kappa shape index (κ2) is 5.96. The van der Waals surface area contributed by atoms with Crippen molar-refractivity contribution in [3.8, 4) is 17.1 Å². The zero-order chi connectivity index (χ0) is 16.4. The number of benzene rings is 2. The maximum Gasteiger partial charge on any atom is 0.165 e. The minimum absolute atomic E-state index is 0.150. The third kappa shape index (κ3) is 2.63. The predicted octanol–water partition coefficient (Wildman–Crippen LogP) is 4.14. The first-order valence-electron chi connectivity index (χ1n) is 7.54. The van der Waals surface area contributed by atoms with Gasteiger partial charge in [0.05, 0.1) is 11.1 Å². The molecule has 2 aromatic heterocycles. The quantitative estimate of drug-likeness (QED) is 0.594. The Morgan fingerprint density at radius 3 is 2.42 bits per heavy atom. The summed E-state index contributed by atoms with van der Waals surface area (Å²) in [6.07, 6.45) is 1.72. The largest absolute Gasteiger partial charge is 0.507 e. The van der Waals surface area contributed by atoms with E-state index >= 15 is 0 Å². The van der Waals surface area contributed by atoms with Gasteiger partial charge in [0.25, 0.3) is 0 Å². The van der Waals surface area contributed by atoms with Gasteiger partial charge < -0.3 is 10.4 Å². The number of phenols is 1. The van der Waals surface area contributed by atoms with Gasteiger partial charge in [0.15, 0.2) is 5.82 Å². The predicted molar refractivity (Wildman–Crippen MR) is 94.2 cm³/mol. The molecule has 0 bridgehead atoms. The Morgan fingerprint density at radius 1 is 0.792 bits per heavy atom. The van der Waals surface area contributed by atoms with Gasteiger partial charge in [0.1, 0.15) is 17.4 Å². The zero-order valence-corrected chi connectivity index (χ0v) is 12.7. The molecule has 0 radical (unpaired) electrons. The first kappa shape index (κ1) is 14.1. The molecule has 0 atom stereocenters. The van der Waals surface area contributed by atoms with Crippen LogP contribution in [-0.2, 0) is 0 Å². The Kier molecular flexibility index (Phi) is 3.51. The normalized spacial score (nSPS) is 10.7. The number of rotatable bonds is 3. The number of aromatic nitrogens is 3. The summed E-state index contributed by atoms with van der Waals surface area (Å²) in [5, 5.41) is 14.2. The molecule has 5 nitrogen and oxygen atoms in total. The van der Waals surface area contributed by atoms with E-state index < -0.39 is 0 Å². The molecule has 0 aliphatic heterocycles. The molecule has 4 rings (SSSR count). The van der Waals surface area contributed by atoms with E-state index in [1.165, 1.54) is 0 Å². The summed E-state index contributed by atoms with van der Waals surface area (Å²) in [6.45, 7) is 0. The molecule has 2 aromatic carbocycles. The number of phenolic OH excluding ortho intramolecular Hbond substituents is 1. The lowest BCUT2D eigenvalue weighted by atomic mass is 10.1. The molecule has 0 unspecified atom stereocenters. The lowest BCUT2D eigenvalue weighted by Gasteiger charge is -2.11. The van der Waals surface area contributed by atoms with E-state index in [-0.39, 0.29) is 5.75 Å². The van der Waals surface area contributed by atoms with E-state index in [2.05, 4.69) is 20.3 Å². The van der Waals surface area contributed by atoms with E-state index in [1.807, 2.05) is 48.5 Å². The molecule has 24 heavy (non-hydrogen) atoms. The van der Waals surface area contributed by atoms with Crippen molar-refractivity contribution in [2.45, 2.75) is 0 Å². The third-order valence-corrected chi connectivity index (χ3v) is 3.66. The van der Waals surface area contributed by atoms with Crippen molar-refractivity contribution in [1.29, 1.82) is 0 Å². The van der Waals surface area contributed by atoms with Crippen LogP contribution < -0.4 is 5.32 Å². The molecule has 2 N–H and O–H groups in total. The number of nitrogens with zero attached hydrogens (tertiary/aromatic N) is 3. The maximum absolute atomic E-state index is 10.1. The van der Waals surface area contributed by atoms with Gasteiger partial charge in [0, 0.05) is 11.6 Å². The third-order valence-electron chi connectivity index (χ3n) is 3.66. The summed E-state index contributed by atoms with van der Waals surface area (Å²) in [6, 6.07) is 20.4. The number of aromatic hydroxyl groups is 1. The lowest BCUT2D eigenvalue weighted by molar-refractivity contribution is 0.477. The number of hydrogen-bond donors (Lipinski definition) is 2. The summed E-state index contributed by atoms with van der Waals surface area (Å²) in [5.41, 5.74) is 1.39. The second-order valence-electron chi connectivity index (χ2n) is 5.27. The average Bonchev–Trinajstić information content (AvgIpc) is 2.63. The van der Waals surface area contributed by atoms with E-state index in [0.29, 0.717) is 23.0 Å². The molecule has 116 valence electrons. The van der Waals surface area contributed by atoms with Crippen LogP contribution in [0.25, 0.3) is 22.3 Å². The van der Waals surface area contributed by atoms with Crippen molar-refractivity contribution in [2.75, 3.05) is 5.32 Å². The fourth-order valence-electron chi connectivity index (χ4n) is 2.51. The van der Waals surface area contributed by atoms with Gasteiger partial charge in [-0.25, -0.2) is 15.0 Å². The van der Waals surface area contributed by atoms with Gasteiger partial charge in [-0.15, -0.1) is 0 Å². The minimum atomic E-state index is 0.150. The smallest absolute Gasteiger partial charge is 0.165 e. The van der Waals surface area contributed by atoms with Gasteiger partial charge in [-0.3, -0.25) is 0 Å². The highest BCUT2D eigenvalue weighted by Gasteiger charge is 2.12. The van der Waals surface area contributed by atoms with Crippen LogP contribution in [0.1, 0.15) is 0 Å². The second-order valence-corrected chi connectivity index (χ2v) is 5.27. The molecule has 4 aromatic rings. The molecule has 0 amide bonds. The first-order chi connectivity index (χ1) is 11.8. The SMILES string of the molecule is Oc1ccccc1-c1nc(Nc2ccccn2)c2ccccc2n1. The van der Waals surface area contributed by atoms with Gasteiger partial charge >= 0.3 is 0 Å². The van der Waals surface area contributed by atoms with Crippen LogP contribution in [0.4, 0.5) is 11.6 Å². The van der Waals surface area contributed by atoms with Crippen LogP contribution in [0.2, 0.25) is 0 Å². The Bertz CT molecular complexity index is 1000. The Balaban J connectivity index is 1.90. The number of nitrogens with one attached hydrogen (secondary N) is 1. The van der Waals surface area contributed by atoms with Gasteiger partial charge in [0.2, 0.25) is 0 Å². The highest BCUT2D eigenvalue weighted by Crippen LogP contribution is 2.30. The van der Waals surface area contributed by atoms with E-state index in [9.17, 15) is 5.11 Å². The number of para-hydroxylation sites is 2. The summed E-state index contributed by atoms with van der Waals surface area (Å²) in [7, 11) is 0. The molecule has 0 fully saturated rings. The van der Waals surface area contributed by atoms with Crippen molar-refractivity contribution >= 4 is 22.5 Å². The molecule has 0 aliphatic rings. The topological polar surface area (TPSA) is 70.9 Å². The molecular formula is C19H14N4O. The highest BCUT2D eigenvalue weighted by atomic mass is 16.3. The summed E-state index contributed by atoms with van der Waals surface area (Å²) >= 11 is 0. The summed E-state index contributed by atoms with van der Waals surface area (Å²) < 4.78 is 0. The van der Waals surface area contributed by atoms with Crippen LogP contribution in [0.15, 0.2) is 72.9 Å². The Labute approximate surface area is 138 Å². The van der Waals surface area contributed by atoms with E-state index in [4.69, 9.17) is 0 Å². The first-order valence-corrected chi connectivity index (χ1v) is 7.54. The standard InChI is InChI=1S/C19H14N4O/c24-16-10-4-2-8-14(16)19-21-15-9-3-1-7-13(15)18(23-19)22-17-11-5-6-12-20-17/h1-12,24H,(H,20,21,22,23). The van der Waals surface area contributed by atoms with Crippen LogP contribution in [0, 0.1) is 0 Å². The minimum Gasteiger partial charge on any atom is -0.507 e. The highest BCUT2D eigenvalue weighted by molar-refractivity contribution is 5.92. The molecule has 0 saturated heterocycles. The van der Waals surface area contributed by atoms with Crippen molar-refractivity contribution < 1.29 is 5.11 Å². The van der Waals surface area contributed by atoms with Gasteiger partial charge in [-0.2, -0.15) is 0 Å². The molecule has 0 spiro atoms. The van der Waals surface area contributed by atoms with Crippen LogP contribution >= 0.6 is 0 Å². The zero-order valence-electron chi connectivity index (χ0n) is 12.7. The number of anilines is 2. The molecule has 2 heterocycles. The Hall–Kier alpha value is -3.47. The van der Waals surface area contributed by atoms with Crippen LogP contribution in [0.5, 0.6) is 5.75 Å². The molecule has 5 heteroatoms. The van der Waals surface area contributed by atoms with Crippen LogP contribution in [0.3, 0.4) is 0 Å². The monoisotopic (exact) mass is 314 g/mol. The van der Waals surface area contributed by atoms with E-state index in [0.717, 1.165) is 10.9 Å². The number of pyridine rings is 1. The van der Waals surface area contributed by atoms with Gasteiger partial charge in [-0.05, 0) is 36.4 Å². The lowest BCUT2D eigenvalue weighted by Crippen LogP contribution is -2.00. The Morgan fingerprint density at radius 2 is 1.58 bits per heavy atom.